The van der Waals surface area contributed by atoms with Crippen molar-refractivity contribution in [2.24, 2.45) is 13.0 Å². The van der Waals surface area contributed by atoms with Gasteiger partial charge in [0.1, 0.15) is 23.5 Å². The van der Waals surface area contributed by atoms with Gasteiger partial charge in [-0.3, -0.25) is 14.3 Å². The zero-order valence-electron chi connectivity index (χ0n) is 21.7. The van der Waals surface area contributed by atoms with Gasteiger partial charge in [0.15, 0.2) is 0 Å². The smallest absolute Gasteiger partial charge is 0.280 e. The molecule has 1 atom stereocenters. The first kappa shape index (κ1) is 23.2. The summed E-state index contributed by atoms with van der Waals surface area (Å²) < 4.78 is 3.67. The van der Waals surface area contributed by atoms with Crippen molar-refractivity contribution in [2.45, 2.75) is 64.3 Å². The van der Waals surface area contributed by atoms with Crippen molar-refractivity contribution in [1.82, 2.24) is 34.2 Å². The number of aromatic amines is 1. The van der Waals surface area contributed by atoms with Gasteiger partial charge in [-0.25, -0.2) is 4.98 Å². The van der Waals surface area contributed by atoms with Crippen LogP contribution in [0.3, 0.4) is 0 Å². The van der Waals surface area contributed by atoms with Gasteiger partial charge < -0.3 is 9.55 Å². The summed E-state index contributed by atoms with van der Waals surface area (Å²) in [6.07, 6.45) is 10.4. The Morgan fingerprint density at radius 3 is 2.75 bits per heavy atom. The Hall–Kier alpha value is -3.26. The predicted octanol–water partition coefficient (Wildman–Crippen LogP) is 4.28. The van der Waals surface area contributed by atoms with Crippen LogP contribution in [-0.4, -0.2) is 47.3 Å². The van der Waals surface area contributed by atoms with Crippen LogP contribution >= 0.6 is 0 Å². The van der Waals surface area contributed by atoms with Crippen molar-refractivity contribution < 1.29 is 0 Å². The summed E-state index contributed by atoms with van der Waals surface area (Å²) in [6.45, 7) is 9.67. The number of H-pyrrole nitrogens is 1. The van der Waals surface area contributed by atoms with Crippen LogP contribution in [0.25, 0.3) is 16.7 Å². The lowest BCUT2D eigenvalue weighted by Crippen LogP contribution is -2.33. The van der Waals surface area contributed by atoms with Crippen LogP contribution in [-0.2, 0) is 19.0 Å². The molecule has 2 aliphatic rings. The van der Waals surface area contributed by atoms with Crippen molar-refractivity contribution >= 4 is 10.9 Å². The highest BCUT2D eigenvalue weighted by atomic mass is 16.1. The molecule has 4 aromatic heterocycles. The number of aryl methyl sites for hydroxylation is 1. The predicted molar refractivity (Wildman–Crippen MR) is 140 cm³/mol. The molecule has 8 nitrogen and oxygen atoms in total. The fraction of sp³-hybridized carbons (Fsp3) is 0.500. The van der Waals surface area contributed by atoms with Crippen LogP contribution in [0.5, 0.6) is 0 Å². The molecule has 6 rings (SSSR count). The van der Waals surface area contributed by atoms with Crippen molar-refractivity contribution in [3.05, 3.63) is 69.9 Å². The van der Waals surface area contributed by atoms with E-state index < -0.39 is 0 Å². The highest BCUT2D eigenvalue weighted by molar-refractivity contribution is 5.84. The van der Waals surface area contributed by atoms with E-state index in [0.717, 1.165) is 48.0 Å². The van der Waals surface area contributed by atoms with Gasteiger partial charge in [-0.1, -0.05) is 6.92 Å². The number of pyridine rings is 2. The number of hydrogen-bond acceptors (Lipinski definition) is 5. The molecule has 8 heteroatoms. The summed E-state index contributed by atoms with van der Waals surface area (Å²) in [6, 6.07) is 6.22. The van der Waals surface area contributed by atoms with Crippen molar-refractivity contribution in [1.29, 1.82) is 0 Å². The number of piperidine rings is 1. The Balaban J connectivity index is 1.41. The minimum absolute atomic E-state index is 0.0474. The Kier molecular flexibility index (Phi) is 5.59. The third-order valence-corrected chi connectivity index (χ3v) is 8.02. The van der Waals surface area contributed by atoms with E-state index in [2.05, 4.69) is 51.9 Å². The van der Waals surface area contributed by atoms with Gasteiger partial charge in [0.2, 0.25) is 0 Å². The van der Waals surface area contributed by atoms with Crippen molar-refractivity contribution in [3.63, 3.8) is 0 Å². The van der Waals surface area contributed by atoms with Crippen LogP contribution in [0.15, 0.2) is 41.7 Å². The summed E-state index contributed by atoms with van der Waals surface area (Å²) >= 11 is 0. The molecule has 1 saturated carbocycles. The molecule has 0 amide bonds. The lowest BCUT2D eigenvalue weighted by Gasteiger charge is -2.30. The fourth-order valence-corrected chi connectivity index (χ4v) is 5.86. The molecule has 36 heavy (non-hydrogen) atoms. The lowest BCUT2D eigenvalue weighted by atomic mass is 9.84. The number of nitrogens with one attached hydrogen (secondary N) is 1. The molecule has 1 N–H and O–H groups in total. The Bertz CT molecular complexity index is 1470. The summed E-state index contributed by atoms with van der Waals surface area (Å²) in [4.78, 5) is 24.4. The highest BCUT2D eigenvalue weighted by Gasteiger charge is 2.30. The van der Waals surface area contributed by atoms with Gasteiger partial charge in [-0.2, -0.15) is 0 Å². The highest BCUT2D eigenvalue weighted by Crippen LogP contribution is 2.43. The molecule has 0 spiro atoms. The average molecular weight is 486 g/mol. The largest absolute Gasteiger partial charge is 0.353 e. The van der Waals surface area contributed by atoms with Crippen LogP contribution in [0.2, 0.25) is 0 Å². The van der Waals surface area contributed by atoms with E-state index in [1.165, 1.54) is 31.2 Å². The average Bonchev–Trinajstić information content (AvgIpc) is 3.46. The molecule has 0 bridgehead atoms. The first-order valence-corrected chi connectivity index (χ1v) is 13.1. The molecule has 0 aromatic carbocycles. The van der Waals surface area contributed by atoms with Gasteiger partial charge in [0.25, 0.3) is 5.56 Å². The maximum Gasteiger partial charge on any atom is 0.280 e. The molecule has 0 radical (unpaired) electrons. The Morgan fingerprint density at radius 1 is 1.19 bits per heavy atom. The minimum atomic E-state index is -0.388. The molecule has 0 unspecified atom stereocenters. The molecule has 1 saturated heterocycles. The molecule has 188 valence electrons. The van der Waals surface area contributed by atoms with Gasteiger partial charge >= 0.3 is 0 Å². The van der Waals surface area contributed by atoms with Crippen LogP contribution in [0, 0.1) is 5.92 Å². The van der Waals surface area contributed by atoms with E-state index in [0.29, 0.717) is 17.3 Å². The van der Waals surface area contributed by atoms with Gasteiger partial charge in [-0.15, -0.1) is 10.2 Å². The molecule has 4 aromatic rings. The van der Waals surface area contributed by atoms with E-state index in [-0.39, 0.29) is 11.0 Å². The SMILES string of the molecule is C[C@H]1CCCN(Cc2cc3c(C4CC4)cn(-c4cc(C(C)(C)c5nncn5C)ccn4)c(=O)c3[nH]2)C1. The second-order valence-electron chi connectivity index (χ2n) is 11.4. The summed E-state index contributed by atoms with van der Waals surface area (Å²) in [5.74, 6) is 2.74. The first-order chi connectivity index (χ1) is 17.3. The van der Waals surface area contributed by atoms with E-state index >= 15 is 0 Å². The van der Waals surface area contributed by atoms with E-state index in [1.807, 2.05) is 29.9 Å². The number of hydrogen-bond donors (Lipinski definition) is 1. The van der Waals surface area contributed by atoms with E-state index in [1.54, 1.807) is 17.1 Å². The molecule has 1 aliphatic heterocycles. The van der Waals surface area contributed by atoms with Crippen LogP contribution < -0.4 is 5.56 Å². The van der Waals surface area contributed by atoms with Crippen molar-refractivity contribution in [3.8, 4) is 5.82 Å². The van der Waals surface area contributed by atoms with Gasteiger partial charge in [-0.05, 0) is 87.2 Å². The topological polar surface area (TPSA) is 84.6 Å². The third kappa shape index (κ3) is 4.07. The van der Waals surface area contributed by atoms with Gasteiger partial charge in [0.05, 0.1) is 0 Å². The molecular weight excluding hydrogens is 450 g/mol. The zero-order chi connectivity index (χ0) is 25.0. The second-order valence-corrected chi connectivity index (χ2v) is 11.4. The maximum atomic E-state index is 13.8. The molecular formula is C28H35N7O. The normalized spacial score (nSPS) is 19.3. The first-order valence-electron chi connectivity index (χ1n) is 13.1. The second kappa shape index (κ2) is 8.69. The van der Waals surface area contributed by atoms with Crippen molar-refractivity contribution in [2.75, 3.05) is 13.1 Å². The van der Waals surface area contributed by atoms with Crippen LogP contribution in [0.1, 0.15) is 75.0 Å². The summed E-state index contributed by atoms with van der Waals surface area (Å²) in [7, 11) is 1.95. The lowest BCUT2D eigenvalue weighted by molar-refractivity contribution is 0.175. The molecule has 5 heterocycles. The van der Waals surface area contributed by atoms with Gasteiger partial charge in [0, 0.05) is 49.0 Å². The summed E-state index contributed by atoms with van der Waals surface area (Å²) in [5.41, 5.74) is 3.67. The van der Waals surface area contributed by atoms with E-state index in [9.17, 15) is 4.79 Å². The minimum Gasteiger partial charge on any atom is -0.353 e. The number of likely N-dealkylation sites (tertiary alicyclic amines) is 1. The number of nitrogens with zero attached hydrogens (tertiary/aromatic N) is 6. The quantitative estimate of drug-likeness (QED) is 0.441. The van der Waals surface area contributed by atoms with E-state index in [4.69, 9.17) is 0 Å². The standard InChI is InChI=1S/C28H35N7O/c1-18-6-5-11-34(14-18)15-21-13-22-23(19-7-8-19)16-35(26(36)25(22)31-21)24-12-20(9-10-29-24)28(2,3)27-32-30-17-33(27)4/h9-10,12-13,16-19,31H,5-8,11,14-15H2,1-4H3/t18-/m0/s1. The maximum absolute atomic E-state index is 13.8. The number of rotatable bonds is 6. The molecule has 2 fully saturated rings. The Morgan fingerprint density at radius 2 is 2.03 bits per heavy atom. The fourth-order valence-electron chi connectivity index (χ4n) is 5.86. The summed E-state index contributed by atoms with van der Waals surface area (Å²) in [5, 5.41) is 9.48. The van der Waals surface area contributed by atoms with Crippen LogP contribution in [0.4, 0.5) is 0 Å². The third-order valence-electron chi connectivity index (χ3n) is 8.02. The monoisotopic (exact) mass is 485 g/mol. The zero-order valence-corrected chi connectivity index (χ0v) is 21.7. The number of fused-ring (bicyclic) bond motifs is 1. The molecule has 1 aliphatic carbocycles. The number of aromatic nitrogens is 6. The Labute approximate surface area is 211 Å².